The molecule has 1 amide bonds. The SMILES string of the molecule is NC(=O)C1CCN(C2CC(C3NOC([C@H]4CCCN4C4CCC4)N3)CCN2)CC1. The monoisotopic (exact) mass is 406 g/mol. The van der Waals surface area contributed by atoms with Crippen LogP contribution in [0.2, 0.25) is 0 Å². The number of nitrogens with zero attached hydrogens (tertiary/aromatic N) is 2. The normalized spacial score (nSPS) is 40.9. The predicted octanol–water partition coefficient (Wildman–Crippen LogP) is 0.303. The maximum absolute atomic E-state index is 11.4. The van der Waals surface area contributed by atoms with E-state index in [0.717, 1.165) is 51.4 Å². The number of rotatable bonds is 5. The Kier molecular flexibility index (Phi) is 6.09. The lowest BCUT2D eigenvalue weighted by molar-refractivity contribution is -0.123. The first-order valence-corrected chi connectivity index (χ1v) is 11.9. The summed E-state index contributed by atoms with van der Waals surface area (Å²) in [6.07, 6.45) is 11.4. The number of carbonyl (C=O) groups is 1. The first kappa shape index (κ1) is 20.2. The molecule has 29 heavy (non-hydrogen) atoms. The van der Waals surface area contributed by atoms with Gasteiger partial charge in [0.25, 0.3) is 0 Å². The first-order chi connectivity index (χ1) is 14.2. The Morgan fingerprint density at radius 3 is 2.55 bits per heavy atom. The quantitative estimate of drug-likeness (QED) is 0.522. The summed E-state index contributed by atoms with van der Waals surface area (Å²) >= 11 is 0. The molecule has 0 aromatic carbocycles. The van der Waals surface area contributed by atoms with Crippen LogP contribution in [0.4, 0.5) is 0 Å². The Morgan fingerprint density at radius 1 is 1.00 bits per heavy atom. The molecule has 5 fully saturated rings. The van der Waals surface area contributed by atoms with Crippen LogP contribution in [0.15, 0.2) is 0 Å². The number of nitrogens with one attached hydrogen (secondary N) is 3. The number of piperidine rings is 2. The Labute approximate surface area is 174 Å². The van der Waals surface area contributed by atoms with Gasteiger partial charge in [-0.15, -0.1) is 0 Å². The van der Waals surface area contributed by atoms with Crippen molar-refractivity contribution in [1.29, 1.82) is 0 Å². The molecule has 1 aliphatic carbocycles. The minimum absolute atomic E-state index is 0.0583. The zero-order valence-corrected chi connectivity index (χ0v) is 17.5. The third kappa shape index (κ3) is 4.20. The molecule has 5 aliphatic rings. The van der Waals surface area contributed by atoms with Crippen molar-refractivity contribution in [2.45, 2.75) is 88.4 Å². The van der Waals surface area contributed by atoms with E-state index < -0.39 is 0 Å². The van der Waals surface area contributed by atoms with Gasteiger partial charge in [0.15, 0.2) is 0 Å². The van der Waals surface area contributed by atoms with Gasteiger partial charge in [-0.2, -0.15) is 5.48 Å². The van der Waals surface area contributed by atoms with Crippen LogP contribution in [0.1, 0.15) is 57.8 Å². The maximum Gasteiger partial charge on any atom is 0.220 e. The van der Waals surface area contributed by atoms with E-state index in [-0.39, 0.29) is 24.2 Å². The second kappa shape index (κ2) is 8.77. The van der Waals surface area contributed by atoms with Crippen molar-refractivity contribution >= 4 is 5.91 Å². The summed E-state index contributed by atoms with van der Waals surface area (Å²) in [4.78, 5) is 22.7. The fourth-order valence-corrected chi connectivity index (χ4v) is 6.13. The summed E-state index contributed by atoms with van der Waals surface area (Å²) in [6.45, 7) is 4.19. The van der Waals surface area contributed by atoms with Gasteiger partial charge in [0.1, 0.15) is 6.23 Å². The van der Waals surface area contributed by atoms with Crippen molar-refractivity contribution in [3.05, 3.63) is 0 Å². The molecular formula is C21H38N6O2. The van der Waals surface area contributed by atoms with Crippen LogP contribution in [-0.2, 0) is 9.63 Å². The van der Waals surface area contributed by atoms with Crippen molar-refractivity contribution in [3.63, 3.8) is 0 Å². The lowest BCUT2D eigenvalue weighted by Crippen LogP contribution is -2.57. The lowest BCUT2D eigenvalue weighted by Gasteiger charge is -2.42. The van der Waals surface area contributed by atoms with Crippen molar-refractivity contribution in [2.24, 2.45) is 17.6 Å². The van der Waals surface area contributed by atoms with Crippen LogP contribution in [-0.4, -0.2) is 72.5 Å². The van der Waals surface area contributed by atoms with Gasteiger partial charge in [-0.05, 0) is 70.4 Å². The Bertz CT molecular complexity index is 580. The van der Waals surface area contributed by atoms with E-state index in [1.165, 1.54) is 38.6 Å². The van der Waals surface area contributed by atoms with E-state index >= 15 is 0 Å². The second-order valence-electron chi connectivity index (χ2n) is 9.80. The third-order valence-electron chi connectivity index (χ3n) is 8.17. The van der Waals surface area contributed by atoms with Crippen molar-refractivity contribution in [3.8, 4) is 0 Å². The van der Waals surface area contributed by atoms with Crippen molar-refractivity contribution in [1.82, 2.24) is 25.9 Å². The molecule has 5 atom stereocenters. The smallest absolute Gasteiger partial charge is 0.220 e. The van der Waals surface area contributed by atoms with Gasteiger partial charge in [0.05, 0.1) is 18.4 Å². The molecule has 5 rings (SSSR count). The summed E-state index contributed by atoms with van der Waals surface area (Å²) in [5.74, 6) is 0.478. The summed E-state index contributed by atoms with van der Waals surface area (Å²) in [5.41, 5.74) is 8.84. The minimum Gasteiger partial charge on any atom is -0.369 e. The number of amides is 1. The second-order valence-corrected chi connectivity index (χ2v) is 9.80. The average molecular weight is 407 g/mol. The molecule has 1 saturated carbocycles. The number of hydrogen-bond acceptors (Lipinski definition) is 7. The maximum atomic E-state index is 11.4. The zero-order valence-electron chi connectivity index (χ0n) is 17.5. The van der Waals surface area contributed by atoms with Crippen molar-refractivity contribution < 1.29 is 9.63 Å². The molecule has 0 radical (unpaired) electrons. The highest BCUT2D eigenvalue weighted by atomic mass is 16.7. The molecule has 4 unspecified atom stereocenters. The van der Waals surface area contributed by atoms with E-state index in [1.54, 1.807) is 0 Å². The molecule has 0 bridgehead atoms. The molecule has 4 aliphatic heterocycles. The van der Waals surface area contributed by atoms with Crippen LogP contribution in [0.25, 0.3) is 0 Å². The number of likely N-dealkylation sites (tertiary alicyclic amines) is 2. The highest BCUT2D eigenvalue weighted by Gasteiger charge is 2.44. The van der Waals surface area contributed by atoms with Gasteiger partial charge in [-0.25, -0.2) is 0 Å². The van der Waals surface area contributed by atoms with Gasteiger partial charge in [-0.3, -0.25) is 24.7 Å². The van der Waals surface area contributed by atoms with Crippen LogP contribution in [0.3, 0.4) is 0 Å². The molecule has 8 nitrogen and oxygen atoms in total. The van der Waals surface area contributed by atoms with Crippen LogP contribution in [0, 0.1) is 11.8 Å². The molecule has 0 spiro atoms. The summed E-state index contributed by atoms with van der Waals surface area (Å²) in [5, 5.41) is 7.49. The zero-order chi connectivity index (χ0) is 19.8. The third-order valence-corrected chi connectivity index (χ3v) is 8.17. The number of primary amides is 1. The largest absolute Gasteiger partial charge is 0.369 e. The fourth-order valence-electron chi connectivity index (χ4n) is 6.13. The Balaban J connectivity index is 1.13. The molecule has 0 aromatic heterocycles. The molecule has 4 saturated heterocycles. The van der Waals surface area contributed by atoms with E-state index in [9.17, 15) is 4.79 Å². The molecule has 4 heterocycles. The van der Waals surface area contributed by atoms with E-state index in [4.69, 9.17) is 10.6 Å². The molecule has 0 aromatic rings. The van der Waals surface area contributed by atoms with Crippen LogP contribution < -0.4 is 21.8 Å². The fraction of sp³-hybridized carbons (Fsp3) is 0.952. The summed E-state index contributed by atoms with van der Waals surface area (Å²) in [7, 11) is 0. The summed E-state index contributed by atoms with van der Waals surface area (Å²) in [6, 6.07) is 1.31. The predicted molar refractivity (Wildman–Crippen MR) is 110 cm³/mol. The van der Waals surface area contributed by atoms with E-state index in [2.05, 4.69) is 25.9 Å². The number of nitrogens with two attached hydrogens (primary N) is 1. The van der Waals surface area contributed by atoms with E-state index in [1.807, 2.05) is 0 Å². The molecule has 8 heteroatoms. The highest BCUT2D eigenvalue weighted by Crippen LogP contribution is 2.34. The topological polar surface area (TPSA) is 94.9 Å². The highest BCUT2D eigenvalue weighted by molar-refractivity contribution is 5.76. The summed E-state index contributed by atoms with van der Waals surface area (Å²) < 4.78 is 0. The van der Waals surface area contributed by atoms with Crippen LogP contribution >= 0.6 is 0 Å². The molecule has 164 valence electrons. The molecular weight excluding hydrogens is 368 g/mol. The number of carbonyl (C=O) groups excluding carboxylic acids is 1. The Hall–Kier alpha value is -0.770. The van der Waals surface area contributed by atoms with Crippen molar-refractivity contribution in [2.75, 3.05) is 26.2 Å². The molecule has 5 N–H and O–H groups in total. The first-order valence-electron chi connectivity index (χ1n) is 11.9. The van der Waals surface area contributed by atoms with Gasteiger partial charge < -0.3 is 11.1 Å². The standard InChI is InChI=1S/C21H38N6O2/c22-19(28)14-7-11-26(12-8-14)18-13-15(6-9-23-18)20-24-21(29-25-20)17-5-2-10-27(17)16-3-1-4-16/h14-18,20-21,23-25H,1-13H2,(H2,22,28)/t15?,17-,18?,20?,21?/m1/s1. The van der Waals surface area contributed by atoms with Gasteiger partial charge in [0.2, 0.25) is 5.91 Å². The van der Waals surface area contributed by atoms with Gasteiger partial charge in [-0.1, -0.05) is 6.42 Å². The Morgan fingerprint density at radius 2 is 1.83 bits per heavy atom. The average Bonchev–Trinajstić information content (AvgIpc) is 3.36. The van der Waals surface area contributed by atoms with Gasteiger partial charge >= 0.3 is 0 Å². The number of hydroxylamine groups is 1. The van der Waals surface area contributed by atoms with E-state index in [0.29, 0.717) is 18.1 Å². The minimum atomic E-state index is -0.135. The lowest BCUT2D eigenvalue weighted by atomic mass is 9.89. The van der Waals surface area contributed by atoms with Crippen LogP contribution in [0.5, 0.6) is 0 Å². The van der Waals surface area contributed by atoms with Gasteiger partial charge in [0, 0.05) is 25.0 Å². The number of hydrogen-bond donors (Lipinski definition) is 4.